The van der Waals surface area contributed by atoms with E-state index in [9.17, 15) is 14.4 Å². The smallest absolute Gasteiger partial charge is 0.262 e. The lowest BCUT2D eigenvalue weighted by Crippen LogP contribution is -2.28. The topological polar surface area (TPSA) is 84.9 Å². The van der Waals surface area contributed by atoms with Crippen LogP contribution in [0, 0.1) is 6.92 Å². The van der Waals surface area contributed by atoms with Crippen LogP contribution >= 0.6 is 0 Å². The van der Waals surface area contributed by atoms with Crippen LogP contribution in [0.2, 0.25) is 0 Å². The second-order valence-corrected chi connectivity index (χ2v) is 7.24. The maximum absolute atomic E-state index is 12.7. The van der Waals surface area contributed by atoms with Crippen molar-refractivity contribution in [3.05, 3.63) is 53.1 Å². The number of ether oxygens (including phenoxy) is 2. The summed E-state index contributed by atoms with van der Waals surface area (Å²) in [5, 5.41) is 2.80. The molecule has 30 heavy (non-hydrogen) atoms. The normalized spacial score (nSPS) is 13.1. The van der Waals surface area contributed by atoms with E-state index >= 15 is 0 Å². The molecule has 1 saturated heterocycles. The largest absolute Gasteiger partial charge is 0.493 e. The molecule has 7 nitrogen and oxygen atoms in total. The van der Waals surface area contributed by atoms with Gasteiger partial charge in [0.15, 0.2) is 23.9 Å². The van der Waals surface area contributed by atoms with Gasteiger partial charge in [-0.15, -0.1) is 0 Å². The number of carbonyl (C=O) groups excluding carboxylic acids is 3. The number of amides is 2. The molecule has 2 aromatic rings. The van der Waals surface area contributed by atoms with E-state index in [1.54, 1.807) is 36.4 Å². The lowest BCUT2D eigenvalue weighted by molar-refractivity contribution is -0.118. The highest BCUT2D eigenvalue weighted by Gasteiger charge is 2.22. The number of hydrogen-bond acceptors (Lipinski definition) is 5. The number of ketones is 1. The Bertz CT molecular complexity index is 964. The second-order valence-electron chi connectivity index (χ2n) is 7.24. The Morgan fingerprint density at radius 2 is 1.80 bits per heavy atom. The maximum Gasteiger partial charge on any atom is 0.262 e. The first-order chi connectivity index (χ1) is 14.4. The molecule has 0 saturated carbocycles. The van der Waals surface area contributed by atoms with Gasteiger partial charge in [-0.05, 0) is 62.6 Å². The minimum atomic E-state index is -0.360. The lowest BCUT2D eigenvalue weighted by atomic mass is 10.1. The molecule has 2 amide bonds. The van der Waals surface area contributed by atoms with Crippen LogP contribution in [-0.2, 0) is 4.79 Å². The Morgan fingerprint density at radius 3 is 2.47 bits per heavy atom. The van der Waals surface area contributed by atoms with Gasteiger partial charge in [0.2, 0.25) is 0 Å². The monoisotopic (exact) mass is 410 g/mol. The Morgan fingerprint density at radius 1 is 1.07 bits per heavy atom. The van der Waals surface area contributed by atoms with Crippen molar-refractivity contribution in [2.75, 3.05) is 32.1 Å². The second kappa shape index (κ2) is 9.43. The van der Waals surface area contributed by atoms with E-state index < -0.39 is 0 Å². The molecule has 7 heteroatoms. The summed E-state index contributed by atoms with van der Waals surface area (Å²) in [6.45, 7) is 4.59. The summed E-state index contributed by atoms with van der Waals surface area (Å²) >= 11 is 0. The van der Waals surface area contributed by atoms with Gasteiger partial charge in [0.05, 0.1) is 7.11 Å². The standard InChI is InChI=1S/C23H26N2O5/c1-15-18(23(28)25-11-4-5-12-25)7-6-8-19(15)24-22(27)14-30-20-10-9-17(16(2)26)13-21(20)29-3/h6-10,13H,4-5,11-12,14H2,1-3H3,(H,24,27). The minimum Gasteiger partial charge on any atom is -0.493 e. The van der Waals surface area contributed by atoms with Crippen molar-refractivity contribution in [2.45, 2.75) is 26.7 Å². The summed E-state index contributed by atoms with van der Waals surface area (Å²) in [7, 11) is 1.47. The van der Waals surface area contributed by atoms with Crippen molar-refractivity contribution in [2.24, 2.45) is 0 Å². The number of nitrogens with one attached hydrogen (secondary N) is 1. The number of likely N-dealkylation sites (tertiary alicyclic amines) is 1. The van der Waals surface area contributed by atoms with Gasteiger partial charge >= 0.3 is 0 Å². The number of hydrogen-bond donors (Lipinski definition) is 1. The quantitative estimate of drug-likeness (QED) is 0.707. The molecule has 0 spiro atoms. The molecule has 0 bridgehead atoms. The summed E-state index contributed by atoms with van der Waals surface area (Å²) < 4.78 is 10.8. The third-order valence-corrected chi connectivity index (χ3v) is 5.16. The van der Waals surface area contributed by atoms with Crippen LogP contribution in [0.1, 0.15) is 46.0 Å². The van der Waals surface area contributed by atoms with E-state index in [1.807, 2.05) is 11.8 Å². The fourth-order valence-electron chi connectivity index (χ4n) is 3.43. The van der Waals surface area contributed by atoms with Crippen LogP contribution in [0.3, 0.4) is 0 Å². The molecule has 2 aromatic carbocycles. The summed E-state index contributed by atoms with van der Waals surface area (Å²) in [5.74, 6) is 0.294. The molecule has 0 unspecified atom stereocenters. The number of benzene rings is 2. The summed E-state index contributed by atoms with van der Waals surface area (Å²) in [6, 6.07) is 10.1. The average molecular weight is 410 g/mol. The molecule has 0 aromatic heterocycles. The maximum atomic E-state index is 12.7. The summed E-state index contributed by atoms with van der Waals surface area (Å²) in [5.41, 5.74) is 2.40. The summed E-state index contributed by atoms with van der Waals surface area (Å²) in [4.78, 5) is 38.5. The van der Waals surface area contributed by atoms with E-state index in [0.717, 1.165) is 31.5 Å². The highest BCUT2D eigenvalue weighted by Crippen LogP contribution is 2.28. The molecule has 1 aliphatic heterocycles. The predicted molar refractivity (Wildman–Crippen MR) is 113 cm³/mol. The summed E-state index contributed by atoms with van der Waals surface area (Å²) in [6.07, 6.45) is 2.05. The fourth-order valence-corrected chi connectivity index (χ4v) is 3.43. The predicted octanol–water partition coefficient (Wildman–Crippen LogP) is 3.46. The number of methoxy groups -OCH3 is 1. The number of carbonyl (C=O) groups is 3. The van der Waals surface area contributed by atoms with E-state index in [1.165, 1.54) is 14.0 Å². The van der Waals surface area contributed by atoms with E-state index in [4.69, 9.17) is 9.47 Å². The van der Waals surface area contributed by atoms with E-state index in [-0.39, 0.29) is 24.2 Å². The van der Waals surface area contributed by atoms with Crippen molar-refractivity contribution in [3.8, 4) is 11.5 Å². The third kappa shape index (κ3) is 4.79. The van der Waals surface area contributed by atoms with Crippen LogP contribution < -0.4 is 14.8 Å². The lowest BCUT2D eigenvalue weighted by Gasteiger charge is -2.18. The molecule has 0 atom stereocenters. The van der Waals surface area contributed by atoms with Gasteiger partial charge in [0, 0.05) is 29.9 Å². The SMILES string of the molecule is COc1cc(C(C)=O)ccc1OCC(=O)Nc1cccc(C(=O)N2CCCC2)c1C. The van der Waals surface area contributed by atoms with Crippen molar-refractivity contribution >= 4 is 23.3 Å². The Hall–Kier alpha value is -3.35. The van der Waals surface area contributed by atoms with Gasteiger partial charge in [-0.25, -0.2) is 0 Å². The van der Waals surface area contributed by atoms with Crippen LogP contribution in [-0.4, -0.2) is 49.3 Å². The zero-order chi connectivity index (χ0) is 21.7. The molecule has 1 aliphatic rings. The average Bonchev–Trinajstić information content (AvgIpc) is 3.28. The molecule has 1 heterocycles. The Kier molecular flexibility index (Phi) is 6.72. The van der Waals surface area contributed by atoms with Gasteiger partial charge in [-0.1, -0.05) is 6.07 Å². The third-order valence-electron chi connectivity index (χ3n) is 5.16. The van der Waals surface area contributed by atoms with Gasteiger partial charge in [-0.3, -0.25) is 14.4 Å². The van der Waals surface area contributed by atoms with Gasteiger partial charge in [0.1, 0.15) is 0 Å². The first-order valence-corrected chi connectivity index (χ1v) is 9.91. The molecule has 158 valence electrons. The highest BCUT2D eigenvalue weighted by atomic mass is 16.5. The Labute approximate surface area is 176 Å². The number of anilines is 1. The zero-order valence-electron chi connectivity index (χ0n) is 17.5. The van der Waals surface area contributed by atoms with Gasteiger partial charge in [0.25, 0.3) is 11.8 Å². The molecule has 3 rings (SSSR count). The Balaban J connectivity index is 1.66. The molecule has 1 N–H and O–H groups in total. The van der Waals surface area contributed by atoms with Crippen LogP contribution in [0.25, 0.3) is 0 Å². The molecule has 0 aliphatic carbocycles. The molecule has 0 radical (unpaired) electrons. The van der Waals surface area contributed by atoms with E-state index in [2.05, 4.69) is 5.32 Å². The zero-order valence-corrected chi connectivity index (χ0v) is 17.5. The van der Waals surface area contributed by atoms with Crippen molar-refractivity contribution < 1.29 is 23.9 Å². The van der Waals surface area contributed by atoms with Crippen molar-refractivity contribution in [3.63, 3.8) is 0 Å². The fraction of sp³-hybridized carbons (Fsp3) is 0.348. The van der Waals surface area contributed by atoms with Crippen LogP contribution in [0.4, 0.5) is 5.69 Å². The van der Waals surface area contributed by atoms with Crippen LogP contribution in [0.15, 0.2) is 36.4 Å². The van der Waals surface area contributed by atoms with Gasteiger partial charge in [-0.2, -0.15) is 0 Å². The van der Waals surface area contributed by atoms with Gasteiger partial charge < -0.3 is 19.7 Å². The molecular weight excluding hydrogens is 384 g/mol. The highest BCUT2D eigenvalue weighted by molar-refractivity contribution is 5.99. The first-order valence-electron chi connectivity index (χ1n) is 9.91. The van der Waals surface area contributed by atoms with Crippen LogP contribution in [0.5, 0.6) is 11.5 Å². The van der Waals surface area contributed by atoms with E-state index in [0.29, 0.717) is 28.3 Å². The molecule has 1 fully saturated rings. The van der Waals surface area contributed by atoms with Crippen molar-refractivity contribution in [1.29, 1.82) is 0 Å². The first kappa shape index (κ1) is 21.4. The number of rotatable bonds is 7. The number of Topliss-reactive ketones (excluding diaryl/α,β-unsaturated/α-hetero) is 1. The minimum absolute atomic E-state index is 0.00681. The molecular formula is C23H26N2O5. The number of nitrogens with zero attached hydrogens (tertiary/aromatic N) is 1. The van der Waals surface area contributed by atoms with Crippen molar-refractivity contribution in [1.82, 2.24) is 4.90 Å².